The van der Waals surface area contributed by atoms with E-state index in [0.717, 1.165) is 11.1 Å². The second-order valence-electron chi connectivity index (χ2n) is 6.48. The molecule has 0 fully saturated rings. The second kappa shape index (κ2) is 8.02. The maximum atomic E-state index is 12.9. The molecule has 2 aromatic heterocycles. The molecule has 0 saturated heterocycles. The summed E-state index contributed by atoms with van der Waals surface area (Å²) in [7, 11) is 1.31. The Morgan fingerprint density at radius 3 is 2.46 bits per heavy atom. The number of methoxy groups -OCH3 is 1. The van der Waals surface area contributed by atoms with Gasteiger partial charge >= 0.3 is 5.97 Å². The molecule has 0 unspecified atom stereocenters. The number of benzene rings is 1. The lowest BCUT2D eigenvalue weighted by atomic mass is 10.1. The van der Waals surface area contributed by atoms with Gasteiger partial charge in [0.15, 0.2) is 5.78 Å². The average molecular weight is 399 g/mol. The lowest BCUT2D eigenvalue weighted by Gasteiger charge is -2.07. The topological polar surface area (TPSA) is 98.1 Å². The Bertz CT molecular complexity index is 1020. The van der Waals surface area contributed by atoms with E-state index in [9.17, 15) is 9.59 Å². The number of aromatic nitrogens is 3. The number of nitrogens with zero attached hydrogens (tertiary/aromatic N) is 2. The Morgan fingerprint density at radius 2 is 1.82 bits per heavy atom. The molecule has 3 aromatic rings. The summed E-state index contributed by atoms with van der Waals surface area (Å²) in [6.45, 7) is 7.22. The summed E-state index contributed by atoms with van der Waals surface area (Å²) in [5, 5.41) is 7.91. The van der Waals surface area contributed by atoms with Crippen molar-refractivity contribution in [2.75, 3.05) is 7.11 Å². The van der Waals surface area contributed by atoms with Crippen molar-refractivity contribution in [2.24, 2.45) is 0 Å². The fourth-order valence-corrected chi connectivity index (χ4v) is 3.63. The standard InChI is InChI=1S/C20H21N3O4S/c1-10-6-8-14(9-7-10)18-22-23-20(27-18)28-13(4)17(24)16-11(2)15(12(3)21-16)19(25)26-5/h6-9,13,21H,1-5H3/t13-/m0/s1. The van der Waals surface area contributed by atoms with Crippen LogP contribution in [-0.4, -0.2) is 39.3 Å². The number of aryl methyl sites for hydroxylation is 2. The van der Waals surface area contributed by atoms with Gasteiger partial charge in [-0.05, 0) is 45.4 Å². The molecule has 0 spiro atoms. The van der Waals surface area contributed by atoms with Crippen molar-refractivity contribution in [3.8, 4) is 11.5 Å². The fraction of sp³-hybridized carbons (Fsp3) is 0.300. The van der Waals surface area contributed by atoms with Crippen molar-refractivity contribution < 1.29 is 18.7 Å². The number of Topliss-reactive ketones (excluding diaryl/α,β-unsaturated/α-hetero) is 1. The van der Waals surface area contributed by atoms with Crippen LogP contribution in [-0.2, 0) is 4.74 Å². The van der Waals surface area contributed by atoms with Crippen molar-refractivity contribution in [2.45, 2.75) is 38.2 Å². The van der Waals surface area contributed by atoms with Gasteiger partial charge in [0.1, 0.15) is 0 Å². The van der Waals surface area contributed by atoms with E-state index in [4.69, 9.17) is 9.15 Å². The number of hydrogen-bond acceptors (Lipinski definition) is 7. The van der Waals surface area contributed by atoms with Crippen molar-refractivity contribution in [1.29, 1.82) is 0 Å². The number of aromatic amines is 1. The summed E-state index contributed by atoms with van der Waals surface area (Å²) in [6, 6.07) is 7.75. The summed E-state index contributed by atoms with van der Waals surface area (Å²) >= 11 is 1.18. The van der Waals surface area contributed by atoms with E-state index in [0.29, 0.717) is 33.6 Å². The Balaban J connectivity index is 1.77. The molecule has 1 atom stereocenters. The number of thioether (sulfide) groups is 1. The first-order chi connectivity index (χ1) is 13.3. The van der Waals surface area contributed by atoms with Crippen molar-refractivity contribution in [3.63, 3.8) is 0 Å². The number of H-pyrrole nitrogens is 1. The van der Waals surface area contributed by atoms with Crippen LogP contribution in [0.15, 0.2) is 33.9 Å². The zero-order chi connectivity index (χ0) is 20.4. The number of rotatable bonds is 6. The minimum Gasteiger partial charge on any atom is -0.465 e. The van der Waals surface area contributed by atoms with Crippen molar-refractivity contribution in [3.05, 3.63) is 52.3 Å². The SMILES string of the molecule is COC(=O)c1c(C)[nH]c(C(=O)[C@H](C)Sc2nnc(-c3ccc(C)cc3)o2)c1C. The van der Waals surface area contributed by atoms with Crippen LogP contribution in [0, 0.1) is 20.8 Å². The number of carbonyl (C=O) groups excluding carboxylic acids is 2. The molecule has 0 saturated carbocycles. The smallest absolute Gasteiger partial charge is 0.339 e. The van der Waals surface area contributed by atoms with E-state index in [1.165, 1.54) is 18.9 Å². The highest BCUT2D eigenvalue weighted by atomic mass is 32.2. The molecule has 28 heavy (non-hydrogen) atoms. The van der Waals surface area contributed by atoms with Gasteiger partial charge < -0.3 is 14.1 Å². The zero-order valence-corrected chi connectivity index (χ0v) is 17.1. The van der Waals surface area contributed by atoms with E-state index in [-0.39, 0.29) is 5.78 Å². The molecule has 1 aromatic carbocycles. The summed E-state index contributed by atoms with van der Waals surface area (Å²) in [4.78, 5) is 27.8. The Hall–Kier alpha value is -2.87. The molecule has 2 heterocycles. The van der Waals surface area contributed by atoms with Gasteiger partial charge in [-0.2, -0.15) is 0 Å². The lowest BCUT2D eigenvalue weighted by molar-refractivity contribution is 0.0599. The third-order valence-corrected chi connectivity index (χ3v) is 5.36. The Labute approximate surface area is 166 Å². The predicted molar refractivity (Wildman–Crippen MR) is 106 cm³/mol. The van der Waals surface area contributed by atoms with Crippen molar-refractivity contribution >= 4 is 23.5 Å². The van der Waals surface area contributed by atoms with Crippen LogP contribution >= 0.6 is 11.8 Å². The van der Waals surface area contributed by atoms with E-state index in [1.54, 1.807) is 20.8 Å². The average Bonchev–Trinajstić information content (AvgIpc) is 3.25. The fourth-order valence-electron chi connectivity index (χ4n) is 2.88. The molecular formula is C20H21N3O4S. The van der Waals surface area contributed by atoms with E-state index >= 15 is 0 Å². The largest absolute Gasteiger partial charge is 0.465 e. The quantitative estimate of drug-likeness (QED) is 0.378. The minimum absolute atomic E-state index is 0.157. The van der Waals surface area contributed by atoms with E-state index < -0.39 is 11.2 Å². The van der Waals surface area contributed by atoms with Gasteiger partial charge in [0, 0.05) is 11.3 Å². The van der Waals surface area contributed by atoms with Crippen LogP contribution in [0.25, 0.3) is 11.5 Å². The van der Waals surface area contributed by atoms with Crippen LogP contribution in [0.1, 0.15) is 44.6 Å². The highest BCUT2D eigenvalue weighted by molar-refractivity contribution is 8.00. The molecule has 0 aliphatic carbocycles. The van der Waals surface area contributed by atoms with Gasteiger partial charge in [0.2, 0.25) is 5.89 Å². The highest BCUT2D eigenvalue weighted by Gasteiger charge is 2.27. The number of carbonyl (C=O) groups is 2. The van der Waals surface area contributed by atoms with Crippen LogP contribution in [0.3, 0.4) is 0 Å². The number of ether oxygens (including phenoxy) is 1. The van der Waals surface area contributed by atoms with Crippen LogP contribution in [0.4, 0.5) is 0 Å². The maximum Gasteiger partial charge on any atom is 0.339 e. The lowest BCUT2D eigenvalue weighted by Crippen LogP contribution is -2.15. The molecule has 8 heteroatoms. The summed E-state index contributed by atoms with van der Waals surface area (Å²) in [5.41, 5.74) is 3.91. The number of ketones is 1. The van der Waals surface area contributed by atoms with Crippen LogP contribution < -0.4 is 0 Å². The van der Waals surface area contributed by atoms with Gasteiger partial charge in [-0.25, -0.2) is 4.79 Å². The number of hydrogen-bond donors (Lipinski definition) is 1. The molecule has 0 aliphatic rings. The van der Waals surface area contributed by atoms with E-state index in [2.05, 4.69) is 15.2 Å². The van der Waals surface area contributed by atoms with Crippen LogP contribution in [0.5, 0.6) is 0 Å². The van der Waals surface area contributed by atoms with Gasteiger partial charge in [-0.15, -0.1) is 10.2 Å². The third-order valence-electron chi connectivity index (χ3n) is 4.43. The highest BCUT2D eigenvalue weighted by Crippen LogP contribution is 2.29. The molecule has 146 valence electrons. The summed E-state index contributed by atoms with van der Waals surface area (Å²) < 4.78 is 10.5. The second-order valence-corrected chi connectivity index (χ2v) is 7.77. The molecule has 7 nitrogen and oxygen atoms in total. The molecule has 0 radical (unpaired) electrons. The molecule has 3 rings (SSSR count). The number of nitrogens with one attached hydrogen (secondary N) is 1. The van der Waals surface area contributed by atoms with Gasteiger partial charge in [0.25, 0.3) is 5.22 Å². The molecule has 0 aliphatic heterocycles. The first kappa shape index (κ1) is 19.9. The first-order valence-electron chi connectivity index (χ1n) is 8.70. The summed E-state index contributed by atoms with van der Waals surface area (Å²) in [6.07, 6.45) is 0. The Morgan fingerprint density at radius 1 is 1.14 bits per heavy atom. The predicted octanol–water partition coefficient (Wildman–Crippen LogP) is 4.14. The number of esters is 1. The van der Waals surface area contributed by atoms with Crippen molar-refractivity contribution in [1.82, 2.24) is 15.2 Å². The van der Waals surface area contributed by atoms with Gasteiger partial charge in [0.05, 0.1) is 23.6 Å². The van der Waals surface area contributed by atoms with E-state index in [1.807, 2.05) is 31.2 Å². The molecule has 0 bridgehead atoms. The normalized spacial score (nSPS) is 12.0. The molecule has 0 amide bonds. The zero-order valence-electron chi connectivity index (χ0n) is 16.3. The van der Waals surface area contributed by atoms with Gasteiger partial charge in [-0.3, -0.25) is 4.79 Å². The maximum absolute atomic E-state index is 12.9. The third kappa shape index (κ3) is 3.87. The Kier molecular flexibility index (Phi) is 5.69. The molecular weight excluding hydrogens is 378 g/mol. The monoisotopic (exact) mass is 399 g/mol. The minimum atomic E-state index is -0.478. The first-order valence-corrected chi connectivity index (χ1v) is 9.58. The van der Waals surface area contributed by atoms with Gasteiger partial charge in [-0.1, -0.05) is 29.5 Å². The van der Waals surface area contributed by atoms with Crippen LogP contribution in [0.2, 0.25) is 0 Å². The summed E-state index contributed by atoms with van der Waals surface area (Å²) in [5.74, 6) is -0.219. The molecule has 1 N–H and O–H groups in total.